The Balaban J connectivity index is 2.42. The number of quaternary nitrogens is 1. The van der Waals surface area contributed by atoms with Crippen molar-refractivity contribution in [2.75, 3.05) is 26.4 Å². The number of aromatic amines is 1. The quantitative estimate of drug-likeness (QED) is 0.544. The zero-order chi connectivity index (χ0) is 9.73. The molecule has 1 aromatic rings. The fraction of sp³-hybridized carbons (Fsp3) is 0.750. The van der Waals surface area contributed by atoms with Crippen molar-refractivity contribution in [3.05, 3.63) is 11.9 Å². The number of nitrogens with one attached hydrogen (secondary N) is 1. The van der Waals surface area contributed by atoms with Gasteiger partial charge in [-0.05, 0) is 5.75 Å². The van der Waals surface area contributed by atoms with Crippen LogP contribution in [0.5, 0.6) is 0 Å². The minimum atomic E-state index is 0.921. The Labute approximate surface area is 84.3 Å². The number of aromatic nitrogens is 3. The molecule has 0 fully saturated rings. The number of nitrogens with zero attached hydrogens (tertiary/aromatic N) is 3. The van der Waals surface area contributed by atoms with Gasteiger partial charge in [0.05, 0.1) is 26.8 Å². The molecule has 0 saturated heterocycles. The third kappa shape index (κ3) is 3.78. The molecule has 1 heterocycles. The van der Waals surface area contributed by atoms with Gasteiger partial charge in [-0.15, -0.1) is 5.10 Å². The largest absolute Gasteiger partial charge is 0.323 e. The maximum Gasteiger partial charge on any atom is 0.136 e. The molecule has 0 aromatic carbocycles. The summed E-state index contributed by atoms with van der Waals surface area (Å²) >= 11 is 4.20. The van der Waals surface area contributed by atoms with Crippen LogP contribution in [0.15, 0.2) is 6.20 Å². The second kappa shape index (κ2) is 4.62. The van der Waals surface area contributed by atoms with Gasteiger partial charge in [0, 0.05) is 6.42 Å². The van der Waals surface area contributed by atoms with Crippen molar-refractivity contribution in [3.8, 4) is 0 Å². The van der Waals surface area contributed by atoms with E-state index in [-0.39, 0.29) is 0 Å². The summed E-state index contributed by atoms with van der Waals surface area (Å²) in [5.74, 6) is 0.945. The molecule has 0 spiro atoms. The van der Waals surface area contributed by atoms with Crippen LogP contribution in [-0.4, -0.2) is 46.3 Å². The fourth-order valence-electron chi connectivity index (χ4n) is 1.32. The Morgan fingerprint density at radius 2 is 2.31 bits per heavy atom. The van der Waals surface area contributed by atoms with Crippen LogP contribution in [-0.2, 0) is 6.54 Å². The first-order valence-corrected chi connectivity index (χ1v) is 5.05. The van der Waals surface area contributed by atoms with Gasteiger partial charge in [0.2, 0.25) is 0 Å². The van der Waals surface area contributed by atoms with E-state index in [4.69, 9.17) is 0 Å². The number of rotatable bonds is 5. The number of thiol groups is 1. The highest BCUT2D eigenvalue weighted by atomic mass is 32.1. The Morgan fingerprint density at radius 3 is 2.85 bits per heavy atom. The highest BCUT2D eigenvalue weighted by Crippen LogP contribution is 2.06. The number of hydrogen-bond donors (Lipinski definition) is 2. The van der Waals surface area contributed by atoms with E-state index in [1.54, 1.807) is 0 Å². The maximum atomic E-state index is 4.20. The molecule has 0 radical (unpaired) electrons. The summed E-state index contributed by atoms with van der Waals surface area (Å²) in [7, 11) is 4.39. The Morgan fingerprint density at radius 1 is 1.54 bits per heavy atom. The molecule has 1 rings (SSSR count). The summed E-state index contributed by atoms with van der Waals surface area (Å²) in [6.07, 6.45) is 2.98. The van der Waals surface area contributed by atoms with Crippen molar-refractivity contribution >= 4 is 12.6 Å². The summed E-state index contributed by atoms with van der Waals surface area (Å²) in [5.41, 5.74) is 1.02. The summed E-state index contributed by atoms with van der Waals surface area (Å²) < 4.78 is 0.938. The number of H-pyrrole nitrogens is 1. The summed E-state index contributed by atoms with van der Waals surface area (Å²) in [6.45, 7) is 2.04. The van der Waals surface area contributed by atoms with Crippen LogP contribution in [0.1, 0.15) is 12.1 Å². The molecular weight excluding hydrogens is 184 g/mol. The van der Waals surface area contributed by atoms with Crippen molar-refractivity contribution in [2.24, 2.45) is 0 Å². The first-order chi connectivity index (χ1) is 6.14. The predicted molar refractivity (Wildman–Crippen MR) is 55.5 cm³/mol. The van der Waals surface area contributed by atoms with Crippen LogP contribution in [0.4, 0.5) is 0 Å². The molecule has 0 unspecified atom stereocenters. The lowest BCUT2D eigenvalue weighted by molar-refractivity contribution is -0.903. The van der Waals surface area contributed by atoms with Gasteiger partial charge in [-0.2, -0.15) is 12.6 Å². The summed E-state index contributed by atoms with van der Waals surface area (Å²) in [5, 5.41) is 10.4. The molecule has 0 aliphatic heterocycles. The van der Waals surface area contributed by atoms with E-state index in [2.05, 4.69) is 42.1 Å². The van der Waals surface area contributed by atoms with Gasteiger partial charge in [0.25, 0.3) is 0 Å². The molecule has 4 nitrogen and oxygen atoms in total. The highest BCUT2D eigenvalue weighted by molar-refractivity contribution is 7.80. The fourth-order valence-corrected chi connectivity index (χ4v) is 1.46. The molecular formula is C8H17N4S+. The molecule has 0 bridgehead atoms. The molecule has 1 aromatic heterocycles. The van der Waals surface area contributed by atoms with Gasteiger partial charge in [-0.1, -0.05) is 5.21 Å². The molecule has 1 N–H and O–H groups in total. The summed E-state index contributed by atoms with van der Waals surface area (Å²) in [4.78, 5) is 0. The minimum absolute atomic E-state index is 0.921. The molecule has 0 atom stereocenters. The van der Waals surface area contributed by atoms with Gasteiger partial charge in [-0.3, -0.25) is 5.10 Å². The van der Waals surface area contributed by atoms with E-state index in [0.29, 0.717) is 0 Å². The molecule has 13 heavy (non-hydrogen) atoms. The molecule has 5 heteroatoms. The molecule has 0 amide bonds. The van der Waals surface area contributed by atoms with Crippen molar-refractivity contribution in [2.45, 2.75) is 13.0 Å². The molecule has 74 valence electrons. The van der Waals surface area contributed by atoms with Crippen molar-refractivity contribution in [1.82, 2.24) is 15.4 Å². The van der Waals surface area contributed by atoms with Crippen molar-refractivity contribution < 1.29 is 4.48 Å². The van der Waals surface area contributed by atoms with Crippen LogP contribution < -0.4 is 0 Å². The molecule has 0 saturated carbocycles. The maximum absolute atomic E-state index is 4.20. The van der Waals surface area contributed by atoms with Gasteiger partial charge >= 0.3 is 0 Å². The van der Waals surface area contributed by atoms with E-state index >= 15 is 0 Å². The lowest BCUT2D eigenvalue weighted by Gasteiger charge is -2.28. The van der Waals surface area contributed by atoms with E-state index in [9.17, 15) is 0 Å². The zero-order valence-electron chi connectivity index (χ0n) is 8.19. The average molecular weight is 201 g/mol. The smallest absolute Gasteiger partial charge is 0.136 e. The first kappa shape index (κ1) is 10.5. The van der Waals surface area contributed by atoms with E-state index in [1.807, 2.05) is 6.20 Å². The van der Waals surface area contributed by atoms with Crippen LogP contribution in [0.2, 0.25) is 0 Å². The zero-order valence-corrected chi connectivity index (χ0v) is 9.09. The van der Waals surface area contributed by atoms with E-state index < -0.39 is 0 Å². The Hall–Kier alpha value is -0.550. The predicted octanol–water partition coefficient (Wildman–Crippen LogP) is 0.701. The van der Waals surface area contributed by atoms with Gasteiger partial charge in [0.15, 0.2) is 0 Å². The van der Waals surface area contributed by atoms with Crippen molar-refractivity contribution in [1.29, 1.82) is 0 Å². The second-order valence-electron chi connectivity index (χ2n) is 3.86. The van der Waals surface area contributed by atoms with Gasteiger partial charge in [-0.25, -0.2) is 0 Å². The Kier molecular flexibility index (Phi) is 3.74. The van der Waals surface area contributed by atoms with Gasteiger partial charge < -0.3 is 4.48 Å². The topological polar surface area (TPSA) is 41.6 Å². The monoisotopic (exact) mass is 201 g/mol. The standard InChI is InChI=1S/C8H16N4S/c1-12(2,4-3-5-13)7-8-6-9-11-10-8/h6H,3-5,7H2,1-2H3,(H-,9,10,11,13)/p+1. The lowest BCUT2D eigenvalue weighted by atomic mass is 10.3. The van der Waals surface area contributed by atoms with E-state index in [0.717, 1.165) is 35.4 Å². The average Bonchev–Trinajstić information content (AvgIpc) is 2.52. The third-order valence-corrected chi connectivity index (χ3v) is 2.30. The Bertz CT molecular complexity index is 232. The lowest BCUT2D eigenvalue weighted by Crippen LogP contribution is -2.39. The normalized spacial score (nSPS) is 11.9. The minimum Gasteiger partial charge on any atom is -0.323 e. The van der Waals surface area contributed by atoms with Crippen LogP contribution >= 0.6 is 12.6 Å². The number of hydrogen-bond acceptors (Lipinski definition) is 3. The SMILES string of the molecule is C[N+](C)(CCCS)Cc1c[nH]nn1. The second-order valence-corrected chi connectivity index (χ2v) is 4.31. The van der Waals surface area contributed by atoms with E-state index in [1.165, 1.54) is 0 Å². The highest BCUT2D eigenvalue weighted by Gasteiger charge is 2.16. The summed E-state index contributed by atoms with van der Waals surface area (Å²) in [6, 6.07) is 0. The van der Waals surface area contributed by atoms with Crippen LogP contribution in [0, 0.1) is 0 Å². The van der Waals surface area contributed by atoms with Gasteiger partial charge in [0.1, 0.15) is 12.2 Å². The molecule has 0 aliphatic carbocycles. The van der Waals surface area contributed by atoms with Crippen LogP contribution in [0.25, 0.3) is 0 Å². The molecule has 0 aliphatic rings. The third-order valence-electron chi connectivity index (χ3n) is 1.98. The van der Waals surface area contributed by atoms with Crippen LogP contribution in [0.3, 0.4) is 0 Å². The van der Waals surface area contributed by atoms with Crippen molar-refractivity contribution in [3.63, 3.8) is 0 Å². The first-order valence-electron chi connectivity index (χ1n) is 4.42.